The largest absolute Gasteiger partial charge is 0.466 e. The van der Waals surface area contributed by atoms with Crippen molar-refractivity contribution < 1.29 is 9.53 Å². The molecule has 3 heteroatoms. The SMILES string of the molecule is CCOC(=O)C(C)(C)Cc1ccc(CN)cc1. The maximum Gasteiger partial charge on any atom is 0.311 e. The molecule has 0 spiro atoms. The van der Waals surface area contributed by atoms with E-state index in [-0.39, 0.29) is 5.97 Å². The van der Waals surface area contributed by atoms with Gasteiger partial charge < -0.3 is 10.5 Å². The van der Waals surface area contributed by atoms with E-state index in [0.717, 1.165) is 11.1 Å². The van der Waals surface area contributed by atoms with Crippen LogP contribution in [0.2, 0.25) is 0 Å². The van der Waals surface area contributed by atoms with Gasteiger partial charge >= 0.3 is 5.97 Å². The van der Waals surface area contributed by atoms with Crippen LogP contribution in [0, 0.1) is 5.41 Å². The maximum atomic E-state index is 11.8. The van der Waals surface area contributed by atoms with E-state index in [2.05, 4.69) is 0 Å². The van der Waals surface area contributed by atoms with Gasteiger partial charge in [-0.3, -0.25) is 4.79 Å². The first kappa shape index (κ1) is 13.7. The third kappa shape index (κ3) is 3.86. The van der Waals surface area contributed by atoms with Crippen LogP contribution in [0.25, 0.3) is 0 Å². The van der Waals surface area contributed by atoms with Gasteiger partial charge in [0.15, 0.2) is 0 Å². The van der Waals surface area contributed by atoms with Crippen LogP contribution in [0.3, 0.4) is 0 Å². The number of carbonyl (C=O) groups excluding carboxylic acids is 1. The molecule has 0 aromatic heterocycles. The van der Waals surface area contributed by atoms with Crippen molar-refractivity contribution in [1.82, 2.24) is 0 Å². The van der Waals surface area contributed by atoms with Gasteiger partial charge in [-0.1, -0.05) is 24.3 Å². The lowest BCUT2D eigenvalue weighted by Gasteiger charge is -2.22. The number of hydrogen-bond acceptors (Lipinski definition) is 3. The number of benzene rings is 1. The molecule has 1 aromatic rings. The highest BCUT2D eigenvalue weighted by molar-refractivity contribution is 5.76. The van der Waals surface area contributed by atoms with E-state index in [1.54, 1.807) is 0 Å². The van der Waals surface area contributed by atoms with Gasteiger partial charge in [0.1, 0.15) is 0 Å². The summed E-state index contributed by atoms with van der Waals surface area (Å²) in [7, 11) is 0. The highest BCUT2D eigenvalue weighted by Crippen LogP contribution is 2.23. The Kier molecular flexibility index (Phi) is 4.70. The molecule has 0 saturated carbocycles. The van der Waals surface area contributed by atoms with Crippen molar-refractivity contribution in [3.63, 3.8) is 0 Å². The highest BCUT2D eigenvalue weighted by Gasteiger charge is 2.29. The minimum atomic E-state index is -0.486. The molecule has 1 rings (SSSR count). The smallest absolute Gasteiger partial charge is 0.311 e. The van der Waals surface area contributed by atoms with Crippen LogP contribution < -0.4 is 5.73 Å². The van der Waals surface area contributed by atoms with E-state index in [9.17, 15) is 4.79 Å². The Morgan fingerprint density at radius 2 is 1.76 bits per heavy atom. The fraction of sp³-hybridized carbons (Fsp3) is 0.500. The number of rotatable bonds is 5. The number of esters is 1. The van der Waals surface area contributed by atoms with E-state index >= 15 is 0 Å². The van der Waals surface area contributed by atoms with E-state index in [1.165, 1.54) is 0 Å². The van der Waals surface area contributed by atoms with Crippen LogP contribution in [0.15, 0.2) is 24.3 Å². The van der Waals surface area contributed by atoms with E-state index in [4.69, 9.17) is 10.5 Å². The summed E-state index contributed by atoms with van der Waals surface area (Å²) < 4.78 is 5.06. The Bertz CT molecular complexity index is 368. The molecule has 0 fully saturated rings. The minimum absolute atomic E-state index is 0.150. The number of hydrogen-bond donors (Lipinski definition) is 1. The summed E-state index contributed by atoms with van der Waals surface area (Å²) in [5.41, 5.74) is 7.28. The standard InChI is InChI=1S/C14H21NO2/c1-4-17-13(16)14(2,3)9-11-5-7-12(10-15)8-6-11/h5-8H,4,9-10,15H2,1-3H3. The monoisotopic (exact) mass is 235 g/mol. The third-order valence-electron chi connectivity index (χ3n) is 2.73. The van der Waals surface area contributed by atoms with Gasteiger partial charge in [-0.2, -0.15) is 0 Å². The molecule has 0 bridgehead atoms. The van der Waals surface area contributed by atoms with Crippen LogP contribution in [-0.2, 0) is 22.5 Å². The molecule has 0 aliphatic heterocycles. The van der Waals surface area contributed by atoms with Crippen LogP contribution >= 0.6 is 0 Å². The van der Waals surface area contributed by atoms with Crippen molar-refractivity contribution in [1.29, 1.82) is 0 Å². The molecule has 0 atom stereocenters. The van der Waals surface area contributed by atoms with Gasteiger partial charge in [-0.25, -0.2) is 0 Å². The average Bonchev–Trinajstić information content (AvgIpc) is 2.30. The molecule has 1 aromatic carbocycles. The van der Waals surface area contributed by atoms with E-state index in [1.807, 2.05) is 45.0 Å². The summed E-state index contributed by atoms with van der Waals surface area (Å²) in [5.74, 6) is -0.150. The molecule has 94 valence electrons. The maximum absolute atomic E-state index is 11.8. The number of ether oxygens (including phenoxy) is 1. The topological polar surface area (TPSA) is 52.3 Å². The molecule has 0 saturated heterocycles. The molecular formula is C14H21NO2. The molecular weight excluding hydrogens is 214 g/mol. The van der Waals surface area contributed by atoms with Gasteiger partial charge in [-0.15, -0.1) is 0 Å². The second kappa shape index (κ2) is 5.82. The quantitative estimate of drug-likeness (QED) is 0.797. The van der Waals surface area contributed by atoms with Crippen LogP contribution in [0.5, 0.6) is 0 Å². The summed E-state index contributed by atoms with van der Waals surface area (Å²) in [4.78, 5) is 11.8. The lowest BCUT2D eigenvalue weighted by molar-refractivity contribution is -0.153. The molecule has 0 radical (unpaired) electrons. The molecule has 0 aliphatic rings. The lowest BCUT2D eigenvalue weighted by Crippen LogP contribution is -2.29. The molecule has 3 nitrogen and oxygen atoms in total. The first-order valence-electron chi connectivity index (χ1n) is 5.94. The number of carbonyl (C=O) groups is 1. The van der Waals surface area contributed by atoms with Crippen molar-refractivity contribution >= 4 is 5.97 Å². The van der Waals surface area contributed by atoms with Crippen LogP contribution in [0.1, 0.15) is 31.9 Å². The Balaban J connectivity index is 2.71. The molecule has 17 heavy (non-hydrogen) atoms. The Labute approximate surface area is 103 Å². The Morgan fingerprint density at radius 1 is 1.24 bits per heavy atom. The summed E-state index contributed by atoms with van der Waals surface area (Å²) in [6.45, 7) is 6.60. The lowest BCUT2D eigenvalue weighted by atomic mass is 9.85. The van der Waals surface area contributed by atoms with Crippen LogP contribution in [-0.4, -0.2) is 12.6 Å². The Hall–Kier alpha value is -1.35. The van der Waals surface area contributed by atoms with Gasteiger partial charge in [0.05, 0.1) is 12.0 Å². The second-order valence-corrected chi connectivity index (χ2v) is 4.80. The van der Waals surface area contributed by atoms with Gasteiger partial charge in [0.2, 0.25) is 0 Å². The molecule has 0 unspecified atom stereocenters. The number of nitrogens with two attached hydrogens (primary N) is 1. The zero-order valence-electron chi connectivity index (χ0n) is 10.8. The molecule has 2 N–H and O–H groups in total. The van der Waals surface area contributed by atoms with Crippen molar-refractivity contribution in [2.75, 3.05) is 6.61 Å². The van der Waals surface area contributed by atoms with E-state index in [0.29, 0.717) is 19.6 Å². The summed E-state index contributed by atoms with van der Waals surface area (Å²) in [6, 6.07) is 8.03. The van der Waals surface area contributed by atoms with Crippen molar-refractivity contribution in [3.8, 4) is 0 Å². The highest BCUT2D eigenvalue weighted by atomic mass is 16.5. The fourth-order valence-corrected chi connectivity index (χ4v) is 1.70. The Morgan fingerprint density at radius 3 is 2.24 bits per heavy atom. The van der Waals surface area contributed by atoms with Crippen molar-refractivity contribution in [2.24, 2.45) is 11.1 Å². The van der Waals surface area contributed by atoms with Gasteiger partial charge in [-0.05, 0) is 38.3 Å². The van der Waals surface area contributed by atoms with Gasteiger partial charge in [0.25, 0.3) is 0 Å². The predicted molar refractivity (Wildman–Crippen MR) is 68.5 cm³/mol. The first-order valence-corrected chi connectivity index (χ1v) is 5.94. The minimum Gasteiger partial charge on any atom is -0.466 e. The molecule has 0 heterocycles. The summed E-state index contributed by atoms with van der Waals surface area (Å²) >= 11 is 0. The van der Waals surface area contributed by atoms with Crippen molar-refractivity contribution in [2.45, 2.75) is 33.7 Å². The second-order valence-electron chi connectivity index (χ2n) is 4.80. The van der Waals surface area contributed by atoms with E-state index < -0.39 is 5.41 Å². The molecule has 0 aliphatic carbocycles. The van der Waals surface area contributed by atoms with Crippen molar-refractivity contribution in [3.05, 3.63) is 35.4 Å². The zero-order valence-corrected chi connectivity index (χ0v) is 10.8. The van der Waals surface area contributed by atoms with Crippen LogP contribution in [0.4, 0.5) is 0 Å². The predicted octanol–water partition coefficient (Wildman–Crippen LogP) is 2.28. The zero-order chi connectivity index (χ0) is 12.9. The third-order valence-corrected chi connectivity index (χ3v) is 2.73. The van der Waals surface area contributed by atoms with Gasteiger partial charge in [0, 0.05) is 6.54 Å². The normalized spacial score (nSPS) is 11.3. The molecule has 0 amide bonds. The fourth-order valence-electron chi connectivity index (χ4n) is 1.70. The summed E-state index contributed by atoms with van der Waals surface area (Å²) in [5, 5.41) is 0. The average molecular weight is 235 g/mol. The first-order chi connectivity index (χ1) is 7.99. The summed E-state index contributed by atoms with van der Waals surface area (Å²) in [6.07, 6.45) is 0.677.